The molecule has 1 aliphatic rings. The van der Waals surface area contributed by atoms with Gasteiger partial charge in [-0.3, -0.25) is 4.79 Å². The van der Waals surface area contributed by atoms with Crippen LogP contribution in [0.2, 0.25) is 0 Å². The topological polar surface area (TPSA) is 51.4 Å². The van der Waals surface area contributed by atoms with Gasteiger partial charge in [-0.05, 0) is 113 Å². The Morgan fingerprint density at radius 1 is 0.892 bits per heavy atom. The first kappa shape index (κ1) is 27.2. The first-order valence-electron chi connectivity index (χ1n) is 13.8. The second kappa shape index (κ2) is 12.1. The minimum atomic E-state index is 0.00549. The molecule has 3 aromatic rings. The zero-order valence-electron chi connectivity index (χ0n) is 23.5. The summed E-state index contributed by atoms with van der Waals surface area (Å²) >= 11 is 0. The number of pyridine rings is 1. The molecule has 0 unspecified atom stereocenters. The van der Waals surface area contributed by atoms with Crippen molar-refractivity contribution in [1.82, 2.24) is 15.2 Å². The Kier molecular flexibility index (Phi) is 8.88. The van der Waals surface area contributed by atoms with Crippen molar-refractivity contribution >= 4 is 5.69 Å². The zero-order valence-corrected chi connectivity index (χ0v) is 23.5. The molecule has 0 bridgehead atoms. The number of benzene rings is 2. The molecule has 0 amide bonds. The van der Waals surface area contributed by atoms with Gasteiger partial charge in [0.1, 0.15) is 0 Å². The summed E-state index contributed by atoms with van der Waals surface area (Å²) in [6.45, 7) is 10.8. The minimum Gasteiger partial charge on any atom is -0.369 e. The Morgan fingerprint density at radius 3 is 2.19 bits per heavy atom. The van der Waals surface area contributed by atoms with Crippen LogP contribution in [0.1, 0.15) is 60.6 Å². The second-order valence-corrected chi connectivity index (χ2v) is 10.9. The van der Waals surface area contributed by atoms with Gasteiger partial charge in [0, 0.05) is 48.7 Å². The normalized spacial score (nSPS) is 17.8. The van der Waals surface area contributed by atoms with Gasteiger partial charge in [0.25, 0.3) is 5.56 Å². The van der Waals surface area contributed by atoms with Gasteiger partial charge in [-0.25, -0.2) is 0 Å². The van der Waals surface area contributed by atoms with Crippen molar-refractivity contribution in [1.29, 1.82) is 0 Å². The van der Waals surface area contributed by atoms with Crippen LogP contribution in [-0.4, -0.2) is 42.6 Å². The largest absolute Gasteiger partial charge is 0.369 e. The van der Waals surface area contributed by atoms with E-state index in [1.54, 1.807) is 0 Å². The van der Waals surface area contributed by atoms with Crippen LogP contribution in [0.3, 0.4) is 0 Å². The van der Waals surface area contributed by atoms with Gasteiger partial charge in [-0.15, -0.1) is 0 Å². The fraction of sp³-hybridized carbons (Fsp3) is 0.469. The average Bonchev–Trinajstić information content (AvgIpc) is 2.88. The molecule has 2 aromatic carbocycles. The third-order valence-electron chi connectivity index (χ3n) is 8.19. The molecule has 1 saturated carbocycles. The fourth-order valence-electron chi connectivity index (χ4n) is 5.97. The quantitative estimate of drug-likeness (QED) is 0.381. The van der Waals surface area contributed by atoms with Gasteiger partial charge in [-0.2, -0.15) is 0 Å². The molecule has 4 rings (SSSR count). The Morgan fingerprint density at radius 2 is 1.57 bits per heavy atom. The summed E-state index contributed by atoms with van der Waals surface area (Å²) in [7, 11) is 4.42. The Hall–Kier alpha value is -2.89. The van der Waals surface area contributed by atoms with Gasteiger partial charge in [0.15, 0.2) is 0 Å². The molecule has 1 aromatic heterocycles. The van der Waals surface area contributed by atoms with Crippen molar-refractivity contribution in [2.75, 3.05) is 25.5 Å². The zero-order chi connectivity index (χ0) is 26.5. The molecule has 1 fully saturated rings. The third kappa shape index (κ3) is 6.34. The smallest absolute Gasteiger partial charge is 0.252 e. The van der Waals surface area contributed by atoms with E-state index >= 15 is 0 Å². The summed E-state index contributed by atoms with van der Waals surface area (Å²) in [5.74, 6) is 0. The van der Waals surface area contributed by atoms with Gasteiger partial charge in [-0.1, -0.05) is 30.3 Å². The van der Waals surface area contributed by atoms with E-state index in [9.17, 15) is 4.79 Å². The van der Waals surface area contributed by atoms with E-state index in [4.69, 9.17) is 0 Å². The van der Waals surface area contributed by atoms with Crippen molar-refractivity contribution in [3.63, 3.8) is 0 Å². The number of H-pyrrole nitrogens is 1. The molecule has 0 saturated heterocycles. The number of hydrogen-bond donors (Lipinski definition) is 2. The molecule has 2 N–H and O–H groups in total. The van der Waals surface area contributed by atoms with E-state index in [1.165, 1.54) is 53.6 Å². The summed E-state index contributed by atoms with van der Waals surface area (Å²) in [5.41, 5.74) is 9.22. The highest BCUT2D eigenvalue weighted by molar-refractivity contribution is 5.72. The molecule has 0 radical (unpaired) electrons. The third-order valence-corrected chi connectivity index (χ3v) is 8.19. The lowest BCUT2D eigenvalue weighted by Gasteiger charge is -2.40. The maximum absolute atomic E-state index is 12.5. The Labute approximate surface area is 222 Å². The number of aryl methyl sites for hydroxylation is 2. The van der Waals surface area contributed by atoms with Crippen molar-refractivity contribution in [3.8, 4) is 11.1 Å². The van der Waals surface area contributed by atoms with Crippen LogP contribution in [0, 0.1) is 20.8 Å². The monoisotopic (exact) mass is 500 g/mol. The molecule has 37 heavy (non-hydrogen) atoms. The van der Waals surface area contributed by atoms with Gasteiger partial charge in [0.05, 0.1) is 0 Å². The standard InChI is InChI=1S/C32H44N4O/c1-7-36(29-15-13-28(14-16-29)35(5)6)31-19-26(25-11-9-8-10-12-25)18-27(24(31)4)20-33-21-30-22(2)17-23(3)34-32(30)37/h8-12,17-19,28-29,33H,7,13-16,20-21H2,1-6H3,(H,34,37)/t28-,29-. The molecule has 198 valence electrons. The Balaban J connectivity index is 1.63. The molecular weight excluding hydrogens is 456 g/mol. The number of nitrogens with zero attached hydrogens (tertiary/aromatic N) is 2. The Bertz CT molecular complexity index is 1240. The predicted molar refractivity (Wildman–Crippen MR) is 156 cm³/mol. The van der Waals surface area contributed by atoms with Crippen molar-refractivity contribution in [2.24, 2.45) is 0 Å². The molecular formula is C32H44N4O. The lowest BCUT2D eigenvalue weighted by Crippen LogP contribution is -2.42. The molecule has 0 aliphatic heterocycles. The highest BCUT2D eigenvalue weighted by atomic mass is 16.1. The maximum atomic E-state index is 12.5. The van der Waals surface area contributed by atoms with Crippen LogP contribution in [0.15, 0.2) is 53.3 Å². The summed E-state index contributed by atoms with van der Waals surface area (Å²) in [6, 6.07) is 18.7. The van der Waals surface area contributed by atoms with Crippen molar-refractivity contribution in [2.45, 2.75) is 78.6 Å². The molecule has 1 aliphatic carbocycles. The highest BCUT2D eigenvalue weighted by Gasteiger charge is 2.27. The number of rotatable bonds is 9. The van der Waals surface area contributed by atoms with E-state index in [1.807, 2.05) is 19.9 Å². The van der Waals surface area contributed by atoms with E-state index in [0.717, 1.165) is 29.9 Å². The number of anilines is 1. The molecule has 5 nitrogen and oxygen atoms in total. The van der Waals surface area contributed by atoms with E-state index in [2.05, 4.69) is 90.5 Å². The average molecular weight is 501 g/mol. The number of hydrogen-bond acceptors (Lipinski definition) is 4. The molecule has 1 heterocycles. The lowest BCUT2D eigenvalue weighted by molar-refractivity contribution is 0.214. The summed E-state index contributed by atoms with van der Waals surface area (Å²) in [6.07, 6.45) is 4.97. The second-order valence-electron chi connectivity index (χ2n) is 10.9. The summed E-state index contributed by atoms with van der Waals surface area (Å²) < 4.78 is 0. The summed E-state index contributed by atoms with van der Waals surface area (Å²) in [5, 5.41) is 3.58. The van der Waals surface area contributed by atoms with E-state index in [-0.39, 0.29) is 5.56 Å². The van der Waals surface area contributed by atoms with Gasteiger partial charge in [0.2, 0.25) is 0 Å². The number of aromatic amines is 1. The van der Waals surface area contributed by atoms with Gasteiger partial charge >= 0.3 is 0 Å². The van der Waals surface area contributed by atoms with Crippen LogP contribution < -0.4 is 15.8 Å². The van der Waals surface area contributed by atoms with E-state index in [0.29, 0.717) is 18.6 Å². The minimum absolute atomic E-state index is 0.00549. The maximum Gasteiger partial charge on any atom is 0.252 e. The number of aromatic nitrogens is 1. The van der Waals surface area contributed by atoms with Crippen LogP contribution in [-0.2, 0) is 13.1 Å². The summed E-state index contributed by atoms with van der Waals surface area (Å²) in [4.78, 5) is 20.5. The molecule has 0 spiro atoms. The molecule has 5 heteroatoms. The van der Waals surface area contributed by atoms with Gasteiger partial charge < -0.3 is 20.1 Å². The SMILES string of the molecule is CCN(c1cc(-c2ccccc2)cc(CNCc2c(C)cc(C)[nH]c2=O)c1C)[C@H]1CC[C@H](N(C)C)CC1. The predicted octanol–water partition coefficient (Wildman–Crippen LogP) is 5.96. The van der Waals surface area contributed by atoms with Crippen LogP contribution in [0.4, 0.5) is 5.69 Å². The van der Waals surface area contributed by atoms with Crippen LogP contribution in [0.25, 0.3) is 11.1 Å². The van der Waals surface area contributed by atoms with E-state index < -0.39 is 0 Å². The number of nitrogens with one attached hydrogen (secondary N) is 2. The van der Waals surface area contributed by atoms with Crippen LogP contribution >= 0.6 is 0 Å². The fourth-order valence-corrected chi connectivity index (χ4v) is 5.97. The molecule has 0 atom stereocenters. The van der Waals surface area contributed by atoms with Crippen LogP contribution in [0.5, 0.6) is 0 Å². The first-order chi connectivity index (χ1) is 17.8. The highest BCUT2D eigenvalue weighted by Crippen LogP contribution is 2.35. The lowest BCUT2D eigenvalue weighted by atomic mass is 9.88. The van der Waals surface area contributed by atoms with Crippen molar-refractivity contribution in [3.05, 3.63) is 86.8 Å². The first-order valence-corrected chi connectivity index (χ1v) is 13.8. The van der Waals surface area contributed by atoms with Crippen molar-refractivity contribution < 1.29 is 0 Å².